The molecule has 0 N–H and O–H groups in total. The van der Waals surface area contributed by atoms with Gasteiger partial charge in [0.05, 0.1) is 31.5 Å². The van der Waals surface area contributed by atoms with Gasteiger partial charge in [0.2, 0.25) is 11.8 Å². The zero-order valence-electron chi connectivity index (χ0n) is 16.6. The highest BCUT2D eigenvalue weighted by Gasteiger charge is 2.30. The highest BCUT2D eigenvalue weighted by atomic mass is 16.5. The number of aromatic nitrogens is 3. The van der Waals surface area contributed by atoms with Crippen LogP contribution in [0.5, 0.6) is 0 Å². The molecule has 9 nitrogen and oxygen atoms in total. The second-order valence-electron chi connectivity index (χ2n) is 7.03. The highest BCUT2D eigenvalue weighted by Crippen LogP contribution is 2.15. The minimum atomic E-state index is -0.277. The Kier molecular flexibility index (Phi) is 6.45. The average Bonchev–Trinajstić information content (AvgIpc) is 3.30. The molecule has 1 aliphatic heterocycles. The van der Waals surface area contributed by atoms with E-state index in [1.165, 1.54) is 0 Å². The fraction of sp³-hybridized carbons (Fsp3) is 0.579. The molecule has 3 heterocycles. The Morgan fingerprint density at radius 2 is 2.21 bits per heavy atom. The summed E-state index contributed by atoms with van der Waals surface area (Å²) in [5.74, 6) is 1.41. The molecule has 152 valence electrons. The van der Waals surface area contributed by atoms with Crippen LogP contribution in [-0.2, 0) is 33.8 Å². The van der Waals surface area contributed by atoms with E-state index in [0.29, 0.717) is 32.1 Å². The largest absolute Gasteiger partial charge is 0.377 e. The molecule has 0 spiro atoms. The molecular formula is C19H27N5O4. The second kappa shape index (κ2) is 9.01. The van der Waals surface area contributed by atoms with Crippen molar-refractivity contribution in [2.45, 2.75) is 45.8 Å². The molecule has 0 radical (unpaired) electrons. The smallest absolute Gasteiger partial charge is 0.242 e. The normalized spacial score (nSPS) is 17.0. The molecule has 0 saturated carbocycles. The molecule has 1 aliphatic rings. The lowest BCUT2D eigenvalue weighted by Gasteiger charge is -2.36. The Bertz CT molecular complexity index is 815. The van der Waals surface area contributed by atoms with Gasteiger partial charge in [-0.05, 0) is 6.92 Å². The second-order valence-corrected chi connectivity index (χ2v) is 7.03. The molecule has 28 heavy (non-hydrogen) atoms. The number of ether oxygens (including phenoxy) is 1. The standard InChI is InChI=1S/C19H27N5O4/c1-4-17-20-5-6-23(17)12-19(26)24-7-8-27-13-15(24)10-18(25)22(3)11-16-9-14(2)21-28-16/h5-6,9,15H,4,7-8,10-13H2,1-3H3. The van der Waals surface area contributed by atoms with E-state index in [2.05, 4.69) is 10.1 Å². The van der Waals surface area contributed by atoms with Gasteiger partial charge in [-0.1, -0.05) is 12.1 Å². The van der Waals surface area contributed by atoms with E-state index >= 15 is 0 Å². The number of hydrogen-bond donors (Lipinski definition) is 0. The van der Waals surface area contributed by atoms with Crippen LogP contribution in [0.25, 0.3) is 0 Å². The van der Waals surface area contributed by atoms with Crippen LogP contribution in [0.4, 0.5) is 0 Å². The summed E-state index contributed by atoms with van der Waals surface area (Å²) in [6.07, 6.45) is 4.48. The fourth-order valence-corrected chi connectivity index (χ4v) is 3.36. The molecule has 0 bridgehead atoms. The summed E-state index contributed by atoms with van der Waals surface area (Å²) >= 11 is 0. The van der Waals surface area contributed by atoms with Gasteiger partial charge in [0.15, 0.2) is 5.76 Å². The van der Waals surface area contributed by atoms with E-state index in [4.69, 9.17) is 9.26 Å². The molecule has 2 aromatic heterocycles. The van der Waals surface area contributed by atoms with Gasteiger partial charge in [-0.2, -0.15) is 0 Å². The van der Waals surface area contributed by atoms with Crippen LogP contribution in [0.1, 0.15) is 30.6 Å². The summed E-state index contributed by atoms with van der Waals surface area (Å²) in [4.78, 5) is 33.1. The first-order valence-corrected chi connectivity index (χ1v) is 9.51. The van der Waals surface area contributed by atoms with Gasteiger partial charge in [0.1, 0.15) is 12.4 Å². The van der Waals surface area contributed by atoms with E-state index < -0.39 is 0 Å². The Balaban J connectivity index is 1.60. The summed E-state index contributed by atoms with van der Waals surface area (Å²) in [5, 5.41) is 3.84. The quantitative estimate of drug-likeness (QED) is 0.702. The maximum atomic E-state index is 12.9. The zero-order valence-corrected chi connectivity index (χ0v) is 16.6. The van der Waals surface area contributed by atoms with Crippen molar-refractivity contribution in [3.8, 4) is 0 Å². The molecular weight excluding hydrogens is 362 g/mol. The van der Waals surface area contributed by atoms with Crippen LogP contribution in [0, 0.1) is 6.92 Å². The fourth-order valence-electron chi connectivity index (χ4n) is 3.36. The Morgan fingerprint density at radius 3 is 2.93 bits per heavy atom. The van der Waals surface area contributed by atoms with Gasteiger partial charge < -0.3 is 23.6 Å². The summed E-state index contributed by atoms with van der Waals surface area (Å²) in [7, 11) is 1.72. The summed E-state index contributed by atoms with van der Waals surface area (Å²) in [5.41, 5.74) is 0.777. The van der Waals surface area contributed by atoms with E-state index in [0.717, 1.165) is 17.9 Å². The number of imidazole rings is 1. The molecule has 0 aromatic carbocycles. The van der Waals surface area contributed by atoms with Crippen molar-refractivity contribution in [1.29, 1.82) is 0 Å². The SMILES string of the molecule is CCc1nccn1CC(=O)N1CCOCC1CC(=O)N(C)Cc1cc(C)no1. The number of carbonyl (C=O) groups excluding carboxylic acids is 2. The lowest BCUT2D eigenvalue weighted by Crippen LogP contribution is -2.51. The van der Waals surface area contributed by atoms with Gasteiger partial charge in [-0.3, -0.25) is 9.59 Å². The number of amides is 2. The average molecular weight is 389 g/mol. The lowest BCUT2D eigenvalue weighted by molar-refractivity contribution is -0.144. The highest BCUT2D eigenvalue weighted by molar-refractivity contribution is 5.80. The third kappa shape index (κ3) is 4.78. The van der Waals surface area contributed by atoms with Crippen LogP contribution in [-0.4, -0.2) is 69.2 Å². The predicted octanol–water partition coefficient (Wildman–Crippen LogP) is 1.02. The number of morpholine rings is 1. The number of nitrogens with zero attached hydrogens (tertiary/aromatic N) is 5. The topological polar surface area (TPSA) is 93.7 Å². The summed E-state index contributed by atoms with van der Waals surface area (Å²) < 4.78 is 12.6. The Labute approximate surface area is 164 Å². The van der Waals surface area contributed by atoms with E-state index in [1.807, 2.05) is 24.6 Å². The van der Waals surface area contributed by atoms with Crippen molar-refractivity contribution in [3.63, 3.8) is 0 Å². The number of rotatable bonds is 7. The Morgan fingerprint density at radius 1 is 1.39 bits per heavy atom. The maximum Gasteiger partial charge on any atom is 0.242 e. The summed E-state index contributed by atoms with van der Waals surface area (Å²) in [6, 6.07) is 1.53. The van der Waals surface area contributed by atoms with E-state index in [9.17, 15) is 9.59 Å². The van der Waals surface area contributed by atoms with Crippen LogP contribution < -0.4 is 0 Å². The molecule has 2 aromatic rings. The monoisotopic (exact) mass is 389 g/mol. The number of carbonyl (C=O) groups is 2. The summed E-state index contributed by atoms with van der Waals surface area (Å²) in [6.45, 7) is 5.73. The van der Waals surface area contributed by atoms with E-state index in [1.54, 1.807) is 29.1 Å². The van der Waals surface area contributed by atoms with Crippen LogP contribution in [0.3, 0.4) is 0 Å². The molecule has 9 heteroatoms. The Hall–Kier alpha value is -2.68. The van der Waals surface area contributed by atoms with Crippen molar-refractivity contribution in [1.82, 2.24) is 24.5 Å². The maximum absolute atomic E-state index is 12.9. The predicted molar refractivity (Wildman–Crippen MR) is 100 cm³/mol. The number of aryl methyl sites for hydroxylation is 2. The zero-order chi connectivity index (χ0) is 20.1. The first-order valence-electron chi connectivity index (χ1n) is 9.51. The molecule has 1 saturated heterocycles. The van der Waals surface area contributed by atoms with Crippen molar-refractivity contribution < 1.29 is 18.8 Å². The first-order chi connectivity index (χ1) is 13.5. The van der Waals surface area contributed by atoms with Crippen molar-refractivity contribution >= 4 is 11.8 Å². The molecule has 1 atom stereocenters. The van der Waals surface area contributed by atoms with Gasteiger partial charge in [-0.25, -0.2) is 4.98 Å². The van der Waals surface area contributed by atoms with E-state index in [-0.39, 0.29) is 30.8 Å². The third-order valence-corrected chi connectivity index (χ3v) is 4.88. The molecule has 3 rings (SSSR count). The number of hydrogen-bond acceptors (Lipinski definition) is 6. The van der Waals surface area contributed by atoms with Crippen molar-refractivity contribution in [2.75, 3.05) is 26.8 Å². The molecule has 1 fully saturated rings. The third-order valence-electron chi connectivity index (χ3n) is 4.88. The van der Waals surface area contributed by atoms with Crippen molar-refractivity contribution in [2.24, 2.45) is 0 Å². The molecule has 1 unspecified atom stereocenters. The van der Waals surface area contributed by atoms with Gasteiger partial charge in [0.25, 0.3) is 0 Å². The minimum Gasteiger partial charge on any atom is -0.377 e. The van der Waals surface area contributed by atoms with Crippen molar-refractivity contribution in [3.05, 3.63) is 35.7 Å². The van der Waals surface area contributed by atoms with Crippen LogP contribution in [0.15, 0.2) is 23.0 Å². The lowest BCUT2D eigenvalue weighted by atomic mass is 10.1. The van der Waals surface area contributed by atoms with Crippen LogP contribution >= 0.6 is 0 Å². The molecule has 2 amide bonds. The minimum absolute atomic E-state index is 0.0256. The van der Waals surface area contributed by atoms with Crippen LogP contribution in [0.2, 0.25) is 0 Å². The molecule has 0 aliphatic carbocycles. The van der Waals surface area contributed by atoms with Gasteiger partial charge >= 0.3 is 0 Å². The van der Waals surface area contributed by atoms with Gasteiger partial charge in [-0.15, -0.1) is 0 Å². The first kappa shape index (κ1) is 20.1. The van der Waals surface area contributed by atoms with Gasteiger partial charge in [0, 0.05) is 44.9 Å².